The molecule has 7 nitrogen and oxygen atoms in total. The third-order valence-corrected chi connectivity index (χ3v) is 6.31. The fourth-order valence-electron chi connectivity index (χ4n) is 4.49. The van der Waals surface area contributed by atoms with Gasteiger partial charge in [-0.05, 0) is 49.2 Å². The number of alkyl halides is 3. The minimum atomic E-state index is -4.66. The number of ether oxygens (including phenoxy) is 1. The van der Waals surface area contributed by atoms with Crippen molar-refractivity contribution in [1.82, 2.24) is 15.0 Å². The quantitative estimate of drug-likeness (QED) is 0.317. The Kier molecular flexibility index (Phi) is 6.75. The summed E-state index contributed by atoms with van der Waals surface area (Å²) in [5.74, 6) is -0.748. The number of carbonyl (C=O) groups is 1. The van der Waals surface area contributed by atoms with Gasteiger partial charge in [0.15, 0.2) is 0 Å². The van der Waals surface area contributed by atoms with Crippen LogP contribution >= 0.6 is 0 Å². The molecule has 0 fully saturated rings. The van der Waals surface area contributed by atoms with Crippen molar-refractivity contribution in [2.24, 2.45) is 0 Å². The molecule has 1 aliphatic rings. The topological polar surface area (TPSA) is 72.3 Å². The molecule has 1 aromatic heterocycles. The Balaban J connectivity index is 1.38. The molecule has 1 N–H and O–H groups in total. The zero-order valence-corrected chi connectivity index (χ0v) is 20.2. The van der Waals surface area contributed by atoms with Crippen LogP contribution in [0.15, 0.2) is 72.9 Å². The number of anilines is 3. The molecule has 3 aromatic carbocycles. The summed E-state index contributed by atoms with van der Waals surface area (Å²) in [4.78, 5) is 13.9. The summed E-state index contributed by atoms with van der Waals surface area (Å²) in [5.41, 5.74) is 2.81. The summed E-state index contributed by atoms with van der Waals surface area (Å²) in [7, 11) is 1.59. The van der Waals surface area contributed by atoms with Gasteiger partial charge in [-0.2, -0.15) is 13.2 Å². The molecule has 2 heterocycles. The standard InChI is InChI=1S/C27H23F4N5O2/c1-38-20-5-2-4-19(14-20)32-18-10-8-17(9-11-18)23-15-36(34-33-23)25-13-12-21-22(28)6-3-7-24(21)35(26(25)37)16-27(29,30)31/h2-11,14-15,25,32H,12-13,16H2,1H3. The van der Waals surface area contributed by atoms with E-state index in [1.807, 2.05) is 48.5 Å². The maximum absolute atomic E-state index is 14.5. The Morgan fingerprint density at radius 3 is 2.55 bits per heavy atom. The number of methoxy groups -OCH3 is 1. The van der Waals surface area contributed by atoms with E-state index in [0.717, 1.165) is 17.1 Å². The lowest BCUT2D eigenvalue weighted by Gasteiger charge is -2.26. The van der Waals surface area contributed by atoms with Gasteiger partial charge in [0, 0.05) is 28.6 Å². The molecule has 0 saturated carbocycles. The molecule has 1 aliphatic heterocycles. The van der Waals surface area contributed by atoms with Crippen LogP contribution in [0.3, 0.4) is 0 Å². The summed E-state index contributed by atoms with van der Waals surface area (Å²) in [5, 5.41) is 11.5. The zero-order valence-electron chi connectivity index (χ0n) is 20.2. The van der Waals surface area contributed by atoms with Crippen molar-refractivity contribution in [2.75, 3.05) is 23.9 Å². The minimum absolute atomic E-state index is 0.0747. The van der Waals surface area contributed by atoms with E-state index in [1.165, 1.54) is 29.1 Å². The van der Waals surface area contributed by atoms with Crippen LogP contribution in [-0.2, 0) is 11.2 Å². The second-order valence-electron chi connectivity index (χ2n) is 8.85. The maximum Gasteiger partial charge on any atom is 0.406 e. The first-order valence-corrected chi connectivity index (χ1v) is 11.8. The summed E-state index contributed by atoms with van der Waals surface area (Å²) in [6.45, 7) is -1.53. The molecule has 0 saturated heterocycles. The minimum Gasteiger partial charge on any atom is -0.497 e. The van der Waals surface area contributed by atoms with Crippen molar-refractivity contribution < 1.29 is 27.1 Å². The Labute approximate surface area is 215 Å². The highest BCUT2D eigenvalue weighted by Gasteiger charge is 2.40. The Morgan fingerprint density at radius 2 is 1.82 bits per heavy atom. The second kappa shape index (κ2) is 10.2. The Hall–Kier alpha value is -4.41. The number of nitrogens with zero attached hydrogens (tertiary/aromatic N) is 4. The number of benzene rings is 3. The van der Waals surface area contributed by atoms with Gasteiger partial charge in [-0.25, -0.2) is 9.07 Å². The number of aromatic nitrogens is 3. The van der Waals surface area contributed by atoms with Crippen molar-refractivity contribution in [3.8, 4) is 17.0 Å². The van der Waals surface area contributed by atoms with Crippen LogP contribution in [0.4, 0.5) is 34.6 Å². The largest absolute Gasteiger partial charge is 0.497 e. The molecule has 5 rings (SSSR count). The SMILES string of the molecule is COc1cccc(Nc2ccc(-c3cn(C4CCc5c(F)cccc5N(CC(F)(F)F)C4=O)nn3)cc2)c1. The van der Waals surface area contributed by atoms with Crippen molar-refractivity contribution >= 4 is 23.0 Å². The lowest BCUT2D eigenvalue weighted by Crippen LogP contribution is -2.42. The molecule has 0 aliphatic carbocycles. The van der Waals surface area contributed by atoms with Gasteiger partial charge in [0.1, 0.15) is 29.8 Å². The van der Waals surface area contributed by atoms with E-state index in [9.17, 15) is 22.4 Å². The highest BCUT2D eigenvalue weighted by atomic mass is 19.4. The molecular weight excluding hydrogens is 502 g/mol. The van der Waals surface area contributed by atoms with Gasteiger partial charge in [0.25, 0.3) is 5.91 Å². The average Bonchev–Trinajstić information content (AvgIpc) is 3.33. The van der Waals surface area contributed by atoms with E-state index >= 15 is 0 Å². The third-order valence-electron chi connectivity index (χ3n) is 6.31. The summed E-state index contributed by atoms with van der Waals surface area (Å²) in [6, 6.07) is 17.5. The molecule has 11 heteroatoms. The van der Waals surface area contributed by atoms with E-state index < -0.39 is 30.5 Å². The van der Waals surface area contributed by atoms with Gasteiger partial charge in [-0.15, -0.1) is 5.10 Å². The van der Waals surface area contributed by atoms with E-state index in [-0.39, 0.29) is 24.1 Å². The van der Waals surface area contributed by atoms with Gasteiger partial charge in [0.2, 0.25) is 0 Å². The smallest absolute Gasteiger partial charge is 0.406 e. The van der Waals surface area contributed by atoms with E-state index in [0.29, 0.717) is 16.2 Å². The predicted molar refractivity (Wildman–Crippen MR) is 134 cm³/mol. The number of carbonyl (C=O) groups excluding carboxylic acids is 1. The first-order valence-electron chi connectivity index (χ1n) is 11.8. The number of nitrogens with one attached hydrogen (secondary N) is 1. The zero-order chi connectivity index (χ0) is 26.9. The maximum atomic E-state index is 14.5. The fraction of sp³-hybridized carbons (Fsp3) is 0.222. The molecule has 0 radical (unpaired) electrons. The van der Waals surface area contributed by atoms with E-state index in [1.54, 1.807) is 7.11 Å². The highest BCUT2D eigenvalue weighted by Crippen LogP contribution is 2.35. The van der Waals surface area contributed by atoms with Gasteiger partial charge in [-0.1, -0.05) is 29.5 Å². The van der Waals surface area contributed by atoms with Crippen LogP contribution in [0.2, 0.25) is 0 Å². The number of hydrogen-bond acceptors (Lipinski definition) is 5. The Morgan fingerprint density at radius 1 is 1.05 bits per heavy atom. The van der Waals surface area contributed by atoms with Gasteiger partial charge in [-0.3, -0.25) is 4.79 Å². The average molecular weight is 526 g/mol. The summed E-state index contributed by atoms with van der Waals surface area (Å²) in [6.07, 6.45) is -2.99. The van der Waals surface area contributed by atoms with Crippen LogP contribution in [0.25, 0.3) is 11.3 Å². The van der Waals surface area contributed by atoms with Gasteiger partial charge in [0.05, 0.1) is 19.0 Å². The molecule has 38 heavy (non-hydrogen) atoms. The summed E-state index contributed by atoms with van der Waals surface area (Å²) < 4.78 is 61.1. The van der Waals surface area contributed by atoms with Gasteiger partial charge < -0.3 is 15.0 Å². The van der Waals surface area contributed by atoms with E-state index in [4.69, 9.17) is 4.74 Å². The number of hydrogen-bond donors (Lipinski definition) is 1. The second-order valence-corrected chi connectivity index (χ2v) is 8.85. The summed E-state index contributed by atoms with van der Waals surface area (Å²) >= 11 is 0. The van der Waals surface area contributed by atoms with Crippen LogP contribution in [0.5, 0.6) is 5.75 Å². The van der Waals surface area contributed by atoms with Crippen LogP contribution < -0.4 is 15.0 Å². The van der Waals surface area contributed by atoms with Crippen molar-refractivity contribution in [3.63, 3.8) is 0 Å². The molecule has 1 unspecified atom stereocenters. The number of fused-ring (bicyclic) bond motifs is 1. The monoisotopic (exact) mass is 525 g/mol. The molecule has 1 amide bonds. The van der Waals surface area contributed by atoms with Gasteiger partial charge >= 0.3 is 6.18 Å². The molecule has 0 bridgehead atoms. The normalized spacial score (nSPS) is 15.7. The number of halogens is 4. The lowest BCUT2D eigenvalue weighted by molar-refractivity contribution is -0.134. The van der Waals surface area contributed by atoms with Crippen LogP contribution in [-0.4, -0.2) is 40.7 Å². The van der Waals surface area contributed by atoms with Crippen LogP contribution in [0.1, 0.15) is 18.0 Å². The molecule has 1 atom stereocenters. The molecule has 196 valence electrons. The fourth-order valence-corrected chi connectivity index (χ4v) is 4.49. The molecule has 4 aromatic rings. The molecule has 0 spiro atoms. The number of amides is 1. The molecular formula is C27H23F4N5O2. The first-order chi connectivity index (χ1) is 18.2. The Bertz CT molecular complexity index is 1450. The highest BCUT2D eigenvalue weighted by molar-refractivity contribution is 5.97. The van der Waals surface area contributed by atoms with E-state index in [2.05, 4.69) is 15.6 Å². The van der Waals surface area contributed by atoms with Crippen LogP contribution in [0, 0.1) is 5.82 Å². The number of rotatable bonds is 6. The first kappa shape index (κ1) is 25.2. The lowest BCUT2D eigenvalue weighted by atomic mass is 10.1. The van der Waals surface area contributed by atoms with Crippen molar-refractivity contribution in [1.29, 1.82) is 0 Å². The third kappa shape index (κ3) is 5.31. The van der Waals surface area contributed by atoms with Crippen molar-refractivity contribution in [3.05, 3.63) is 84.3 Å². The van der Waals surface area contributed by atoms with Crippen molar-refractivity contribution in [2.45, 2.75) is 25.1 Å². The predicted octanol–water partition coefficient (Wildman–Crippen LogP) is 5.92.